The van der Waals surface area contributed by atoms with Crippen molar-refractivity contribution in [1.82, 2.24) is 0 Å². The van der Waals surface area contributed by atoms with Gasteiger partial charge in [0.05, 0.1) is 4.92 Å². The van der Waals surface area contributed by atoms with Crippen LogP contribution in [-0.4, -0.2) is 25.3 Å². The maximum atomic E-state index is 10.9. The molecule has 0 spiro atoms. The van der Waals surface area contributed by atoms with E-state index >= 15 is 0 Å². The van der Waals surface area contributed by atoms with Crippen LogP contribution >= 0.6 is 0 Å². The third-order valence-corrected chi connectivity index (χ3v) is 2.58. The lowest BCUT2D eigenvalue weighted by Gasteiger charge is -2.07. The Morgan fingerprint density at radius 2 is 1.94 bits per heavy atom. The zero-order valence-electron chi connectivity index (χ0n) is 9.12. The minimum absolute atomic E-state index is 0.0638. The summed E-state index contributed by atoms with van der Waals surface area (Å²) in [7, 11) is -3.20. The molecule has 0 heterocycles. The van der Waals surface area contributed by atoms with Gasteiger partial charge < -0.3 is 4.74 Å². The first-order chi connectivity index (χ1) is 7.78. The highest BCUT2D eigenvalue weighted by molar-refractivity contribution is 7.90. The summed E-state index contributed by atoms with van der Waals surface area (Å²) in [5, 5.41) is 10.4. The Kier molecular flexibility index (Phi) is 3.84. The van der Waals surface area contributed by atoms with Gasteiger partial charge >= 0.3 is 0 Å². The van der Waals surface area contributed by atoms with Crippen molar-refractivity contribution in [2.45, 2.75) is 0 Å². The number of nitrogens with zero attached hydrogens (tertiary/aromatic N) is 1. The number of rotatable bonds is 5. The van der Waals surface area contributed by atoms with E-state index in [2.05, 4.69) is 6.58 Å². The Bertz CT molecular complexity index is 532. The molecule has 0 aromatic heterocycles. The van der Waals surface area contributed by atoms with Crippen molar-refractivity contribution in [2.24, 2.45) is 0 Å². The molecule has 7 heteroatoms. The van der Waals surface area contributed by atoms with Crippen LogP contribution < -0.4 is 4.74 Å². The summed E-state index contributed by atoms with van der Waals surface area (Å²) in [6.07, 6.45) is 1.07. The molecule has 0 N–H and O–H groups in total. The average molecular weight is 257 g/mol. The second-order valence-corrected chi connectivity index (χ2v) is 5.60. The summed E-state index contributed by atoms with van der Waals surface area (Å²) in [5.41, 5.74) is -0.0638. The van der Waals surface area contributed by atoms with E-state index in [0.717, 1.165) is 6.26 Å². The highest BCUT2D eigenvalue weighted by Crippen LogP contribution is 2.19. The lowest BCUT2D eigenvalue weighted by Crippen LogP contribution is -2.09. The quantitative estimate of drug-likeness (QED) is 0.453. The number of hydrogen-bond acceptors (Lipinski definition) is 5. The van der Waals surface area contributed by atoms with E-state index < -0.39 is 14.8 Å². The van der Waals surface area contributed by atoms with Gasteiger partial charge in [-0.05, 0) is 12.1 Å². The molecular weight excluding hydrogens is 246 g/mol. The summed E-state index contributed by atoms with van der Waals surface area (Å²) in [6.45, 7) is 3.46. The molecule has 1 aromatic carbocycles. The summed E-state index contributed by atoms with van der Waals surface area (Å²) >= 11 is 0. The van der Waals surface area contributed by atoms with Crippen LogP contribution in [0.25, 0.3) is 0 Å². The summed E-state index contributed by atoms with van der Waals surface area (Å²) in [5.74, 6) is 0.0925. The fraction of sp³-hybridized carbons (Fsp3) is 0.200. The van der Waals surface area contributed by atoms with E-state index in [1.807, 2.05) is 0 Å². The smallest absolute Gasteiger partial charge is 0.269 e. The molecule has 0 aliphatic rings. The first-order valence-electron chi connectivity index (χ1n) is 4.56. The lowest BCUT2D eigenvalue weighted by molar-refractivity contribution is -0.384. The summed E-state index contributed by atoms with van der Waals surface area (Å²) in [6, 6.07) is 5.29. The average Bonchev–Trinajstić information content (AvgIpc) is 2.15. The van der Waals surface area contributed by atoms with Gasteiger partial charge in [0.25, 0.3) is 5.69 Å². The van der Waals surface area contributed by atoms with Crippen LogP contribution in [0.15, 0.2) is 36.6 Å². The van der Waals surface area contributed by atoms with E-state index in [1.54, 1.807) is 0 Å². The Morgan fingerprint density at radius 3 is 2.35 bits per heavy atom. The maximum Gasteiger partial charge on any atom is 0.269 e. The minimum Gasteiger partial charge on any atom is -0.461 e. The Morgan fingerprint density at radius 1 is 1.41 bits per heavy atom. The van der Waals surface area contributed by atoms with Gasteiger partial charge in [0.15, 0.2) is 9.84 Å². The predicted molar refractivity (Wildman–Crippen MR) is 62.6 cm³/mol. The first-order valence-corrected chi connectivity index (χ1v) is 6.62. The van der Waals surface area contributed by atoms with E-state index in [9.17, 15) is 18.5 Å². The molecule has 0 aliphatic carbocycles. The van der Waals surface area contributed by atoms with Crippen molar-refractivity contribution in [3.8, 4) is 5.75 Å². The summed E-state index contributed by atoms with van der Waals surface area (Å²) < 4.78 is 27.0. The minimum atomic E-state index is -3.20. The number of benzene rings is 1. The Labute approximate surface area is 98.6 Å². The molecule has 0 bridgehead atoms. The van der Waals surface area contributed by atoms with Crippen LogP contribution in [0.5, 0.6) is 5.75 Å². The van der Waals surface area contributed by atoms with Crippen LogP contribution in [0.1, 0.15) is 0 Å². The van der Waals surface area contributed by atoms with Crippen molar-refractivity contribution in [1.29, 1.82) is 0 Å². The van der Waals surface area contributed by atoms with Crippen LogP contribution in [0.4, 0.5) is 5.69 Å². The fourth-order valence-corrected chi connectivity index (χ4v) is 1.77. The zero-order valence-corrected chi connectivity index (χ0v) is 9.94. The number of ether oxygens (including phenoxy) is 1. The molecule has 92 valence electrons. The van der Waals surface area contributed by atoms with Crippen molar-refractivity contribution in [3.05, 3.63) is 46.7 Å². The molecule has 0 atom stereocenters. The summed E-state index contributed by atoms with van der Waals surface area (Å²) in [4.78, 5) is 9.86. The second-order valence-electron chi connectivity index (χ2n) is 3.46. The molecule has 6 nitrogen and oxygen atoms in total. The number of hydrogen-bond donors (Lipinski definition) is 0. The fourth-order valence-electron chi connectivity index (χ4n) is 1.12. The van der Waals surface area contributed by atoms with Crippen LogP contribution in [0, 0.1) is 10.1 Å². The molecule has 17 heavy (non-hydrogen) atoms. The molecular formula is C10H11NO5S. The van der Waals surface area contributed by atoms with Gasteiger partial charge in [-0.1, -0.05) is 6.58 Å². The predicted octanol–water partition coefficient (Wildman–Crippen LogP) is 1.53. The van der Waals surface area contributed by atoms with E-state index in [4.69, 9.17) is 4.74 Å². The highest BCUT2D eigenvalue weighted by atomic mass is 32.2. The van der Waals surface area contributed by atoms with Gasteiger partial charge in [-0.2, -0.15) is 0 Å². The SMILES string of the molecule is C=C(CS(C)(=O)=O)Oc1ccc([N+](=O)[O-])cc1. The van der Waals surface area contributed by atoms with Crippen LogP contribution in [-0.2, 0) is 9.84 Å². The molecule has 1 rings (SSSR count). The number of non-ortho nitro benzene ring substituents is 1. The lowest BCUT2D eigenvalue weighted by atomic mass is 10.3. The first kappa shape index (κ1) is 13.2. The largest absolute Gasteiger partial charge is 0.461 e. The number of nitro benzene ring substituents is 1. The van der Waals surface area contributed by atoms with Gasteiger partial charge in [0.1, 0.15) is 17.3 Å². The molecule has 0 unspecified atom stereocenters. The van der Waals surface area contributed by atoms with E-state index in [0.29, 0.717) is 5.75 Å². The standard InChI is InChI=1S/C10H11NO5S/c1-8(7-17(2,14)15)16-10-5-3-9(4-6-10)11(12)13/h3-6H,1,7H2,2H3. The van der Waals surface area contributed by atoms with Gasteiger partial charge in [0.2, 0.25) is 0 Å². The number of sulfone groups is 1. The van der Waals surface area contributed by atoms with Crippen molar-refractivity contribution < 1.29 is 18.1 Å². The van der Waals surface area contributed by atoms with Crippen molar-refractivity contribution >= 4 is 15.5 Å². The molecule has 0 fully saturated rings. The van der Waals surface area contributed by atoms with E-state index in [-0.39, 0.29) is 17.2 Å². The molecule has 0 amide bonds. The molecule has 1 aromatic rings. The van der Waals surface area contributed by atoms with Crippen molar-refractivity contribution in [2.75, 3.05) is 12.0 Å². The number of nitro groups is 1. The second kappa shape index (κ2) is 4.96. The van der Waals surface area contributed by atoms with Crippen molar-refractivity contribution in [3.63, 3.8) is 0 Å². The Balaban J connectivity index is 2.70. The van der Waals surface area contributed by atoms with Crippen LogP contribution in [0.3, 0.4) is 0 Å². The van der Waals surface area contributed by atoms with Gasteiger partial charge in [0, 0.05) is 18.4 Å². The van der Waals surface area contributed by atoms with E-state index in [1.165, 1.54) is 24.3 Å². The molecule has 0 saturated heterocycles. The van der Waals surface area contributed by atoms with Gasteiger partial charge in [-0.15, -0.1) is 0 Å². The zero-order chi connectivity index (χ0) is 13.1. The highest BCUT2D eigenvalue weighted by Gasteiger charge is 2.09. The monoisotopic (exact) mass is 257 g/mol. The Hall–Kier alpha value is -1.89. The van der Waals surface area contributed by atoms with Gasteiger partial charge in [-0.25, -0.2) is 8.42 Å². The molecule has 0 radical (unpaired) electrons. The molecule has 0 saturated carbocycles. The third kappa shape index (κ3) is 4.64. The van der Waals surface area contributed by atoms with Crippen LogP contribution in [0.2, 0.25) is 0 Å². The normalized spacial score (nSPS) is 10.9. The third-order valence-electron chi connectivity index (χ3n) is 1.73. The topological polar surface area (TPSA) is 86.5 Å². The molecule has 0 aliphatic heterocycles. The maximum absolute atomic E-state index is 10.9. The van der Waals surface area contributed by atoms with Gasteiger partial charge in [-0.3, -0.25) is 10.1 Å².